The molecular formula is C28H23N5O. The van der Waals surface area contributed by atoms with Gasteiger partial charge in [0.2, 0.25) is 0 Å². The minimum absolute atomic E-state index is 0.442. The summed E-state index contributed by atoms with van der Waals surface area (Å²) >= 11 is 0. The highest BCUT2D eigenvalue weighted by Crippen LogP contribution is 2.41. The molecular weight excluding hydrogens is 422 g/mol. The molecule has 1 aliphatic carbocycles. The van der Waals surface area contributed by atoms with Crippen molar-refractivity contribution in [2.45, 2.75) is 37.3 Å². The Labute approximate surface area is 201 Å². The average Bonchev–Trinajstić information content (AvgIpc) is 3.35. The van der Waals surface area contributed by atoms with Gasteiger partial charge < -0.3 is 10.0 Å². The minimum atomic E-state index is -2.34. The Hall–Kier alpha value is -3.95. The molecule has 4 heterocycles. The zero-order valence-corrected chi connectivity index (χ0v) is 18.4. The highest BCUT2D eigenvalue weighted by atomic mass is 16.3. The third kappa shape index (κ3) is 2.59. The Morgan fingerprint density at radius 1 is 1.18 bits per heavy atom. The van der Waals surface area contributed by atoms with Gasteiger partial charge >= 0.3 is 0 Å². The fourth-order valence-corrected chi connectivity index (χ4v) is 5.40. The number of terminal acetylenes is 1. The molecule has 166 valence electrons. The lowest BCUT2D eigenvalue weighted by Gasteiger charge is -2.34. The van der Waals surface area contributed by atoms with E-state index in [0.29, 0.717) is 30.9 Å². The van der Waals surface area contributed by atoms with E-state index in [9.17, 15) is 5.11 Å². The van der Waals surface area contributed by atoms with Gasteiger partial charge in [0.25, 0.3) is 0 Å². The van der Waals surface area contributed by atoms with Crippen molar-refractivity contribution in [3.63, 3.8) is 0 Å². The van der Waals surface area contributed by atoms with Crippen molar-refractivity contribution >= 4 is 22.9 Å². The van der Waals surface area contributed by atoms with Gasteiger partial charge in [-0.2, -0.15) is 0 Å². The summed E-state index contributed by atoms with van der Waals surface area (Å²) in [5.74, 6) is 3.94. The molecule has 3 aliphatic rings. The first-order valence-corrected chi connectivity index (χ1v) is 11.4. The van der Waals surface area contributed by atoms with Crippen LogP contribution in [0.1, 0.15) is 53.0 Å². The molecule has 2 bridgehead atoms. The number of aliphatic hydroxyl groups is 1. The van der Waals surface area contributed by atoms with Crippen LogP contribution in [0.5, 0.6) is 0 Å². The van der Waals surface area contributed by atoms with Crippen molar-refractivity contribution in [2.75, 3.05) is 6.98 Å². The van der Waals surface area contributed by atoms with E-state index in [1.54, 1.807) is 18.6 Å². The second-order valence-electron chi connectivity index (χ2n) is 9.31. The third-order valence-electron chi connectivity index (χ3n) is 7.37. The quantitative estimate of drug-likeness (QED) is 0.478. The molecule has 0 saturated heterocycles. The van der Waals surface area contributed by atoms with Gasteiger partial charge in [0.15, 0.2) is 5.82 Å². The van der Waals surface area contributed by atoms with Crippen LogP contribution in [0.2, 0.25) is 0 Å². The number of aromatic nitrogens is 4. The standard InChI is InChI=1S/C28H23N5O/c1-3-17-6-4-7-19-16-32(2)24-13-23(25(17)19)33-22-12-18(8-9-21(22)31-26(24)33)20-14-29-27(30-15-20)28(34)10-5-11-28/h1,4,6-9,12,14-16,24,34H,5,10-11,13H2,2H3/t24-/m1/s1/i2D3. The summed E-state index contributed by atoms with van der Waals surface area (Å²) in [6, 6.07) is 11.1. The summed E-state index contributed by atoms with van der Waals surface area (Å²) in [5, 5.41) is 12.2. The molecule has 7 rings (SSSR count). The van der Waals surface area contributed by atoms with E-state index in [0.717, 1.165) is 50.3 Å². The summed E-state index contributed by atoms with van der Waals surface area (Å²) in [7, 11) is 0. The molecule has 0 unspecified atom stereocenters. The van der Waals surface area contributed by atoms with Crippen LogP contribution < -0.4 is 10.4 Å². The molecule has 1 fully saturated rings. The highest BCUT2D eigenvalue weighted by molar-refractivity contribution is 5.86. The van der Waals surface area contributed by atoms with Crippen LogP contribution in [0.15, 0.2) is 48.8 Å². The molecule has 2 aromatic carbocycles. The Bertz CT molecular complexity index is 1760. The molecule has 0 radical (unpaired) electrons. The number of nitrogens with zero attached hydrogens (tertiary/aromatic N) is 5. The lowest BCUT2D eigenvalue weighted by molar-refractivity contribution is -0.0467. The summed E-state index contributed by atoms with van der Waals surface area (Å²) in [6.07, 6.45) is 13.9. The van der Waals surface area contributed by atoms with E-state index in [-0.39, 0.29) is 0 Å². The lowest BCUT2D eigenvalue weighted by atomic mass is 9.79. The maximum atomic E-state index is 10.6. The van der Waals surface area contributed by atoms with Crippen molar-refractivity contribution in [1.29, 1.82) is 0 Å². The molecule has 34 heavy (non-hydrogen) atoms. The van der Waals surface area contributed by atoms with Gasteiger partial charge in [0, 0.05) is 63.4 Å². The number of benzene rings is 2. The van der Waals surface area contributed by atoms with Crippen LogP contribution in [0.4, 0.5) is 0 Å². The van der Waals surface area contributed by atoms with Gasteiger partial charge in [-0.1, -0.05) is 24.1 Å². The van der Waals surface area contributed by atoms with E-state index in [1.165, 1.54) is 4.90 Å². The van der Waals surface area contributed by atoms with Crippen LogP contribution >= 0.6 is 0 Å². The number of fused-ring (bicyclic) bond motifs is 8. The van der Waals surface area contributed by atoms with Gasteiger partial charge in [-0.15, -0.1) is 6.42 Å². The van der Waals surface area contributed by atoms with Gasteiger partial charge in [-0.05, 0) is 43.0 Å². The zero-order valence-electron chi connectivity index (χ0n) is 21.4. The monoisotopic (exact) mass is 448 g/mol. The fraction of sp³-hybridized carbons (Fsp3) is 0.250. The molecule has 4 aromatic rings. The first-order chi connectivity index (χ1) is 17.8. The first-order valence-electron chi connectivity index (χ1n) is 12.9. The van der Waals surface area contributed by atoms with Crippen LogP contribution in [-0.4, -0.2) is 36.5 Å². The second-order valence-corrected chi connectivity index (χ2v) is 9.31. The Morgan fingerprint density at radius 3 is 2.76 bits per heavy atom. The van der Waals surface area contributed by atoms with E-state index in [2.05, 4.69) is 20.5 Å². The summed E-state index contributed by atoms with van der Waals surface area (Å²) < 4.78 is 26.8. The Morgan fingerprint density at radius 2 is 2.03 bits per heavy atom. The van der Waals surface area contributed by atoms with Crippen molar-refractivity contribution in [2.24, 2.45) is 0 Å². The van der Waals surface area contributed by atoms with Gasteiger partial charge in [-0.3, -0.25) is 4.57 Å². The van der Waals surface area contributed by atoms with Gasteiger partial charge in [0.1, 0.15) is 11.4 Å². The van der Waals surface area contributed by atoms with Crippen LogP contribution in [0.25, 0.3) is 34.1 Å². The maximum Gasteiger partial charge on any atom is 0.159 e. The Balaban J connectivity index is 1.45. The SMILES string of the molecule is [2H]C([2H])([2H])N1C=c2cccc(C#C)c2=C2C[C@@H]1c1nc3ccc(-c4cnc(C5(O)CCC5)nc4)cc3n12. The fourth-order valence-electron chi connectivity index (χ4n) is 5.40. The number of hydrogen-bond donors (Lipinski definition) is 1. The van der Waals surface area contributed by atoms with Crippen LogP contribution in [-0.2, 0) is 5.60 Å². The lowest BCUT2D eigenvalue weighted by Crippen LogP contribution is -2.35. The van der Waals surface area contributed by atoms with E-state index in [1.807, 2.05) is 36.4 Å². The predicted octanol–water partition coefficient (Wildman–Crippen LogP) is 2.63. The molecule has 0 amide bonds. The van der Waals surface area contributed by atoms with Crippen molar-refractivity contribution in [1.82, 2.24) is 24.4 Å². The molecule has 6 heteroatoms. The minimum Gasteiger partial charge on any atom is -0.382 e. The second kappa shape index (κ2) is 6.78. The van der Waals surface area contributed by atoms with Crippen molar-refractivity contribution < 1.29 is 9.22 Å². The molecule has 1 N–H and O–H groups in total. The van der Waals surface area contributed by atoms with Crippen molar-refractivity contribution in [3.8, 4) is 23.5 Å². The predicted molar refractivity (Wildman–Crippen MR) is 131 cm³/mol. The summed E-state index contributed by atoms with van der Waals surface area (Å²) in [5.41, 5.74) is 4.14. The van der Waals surface area contributed by atoms with Crippen LogP contribution in [0.3, 0.4) is 0 Å². The largest absolute Gasteiger partial charge is 0.382 e. The van der Waals surface area contributed by atoms with Crippen molar-refractivity contribution in [3.05, 3.63) is 76.4 Å². The molecule has 0 spiro atoms. The third-order valence-corrected chi connectivity index (χ3v) is 7.37. The van der Waals surface area contributed by atoms with Crippen LogP contribution in [0, 0.1) is 12.3 Å². The zero-order chi connectivity index (χ0) is 25.5. The molecule has 2 aliphatic heterocycles. The molecule has 2 aromatic heterocycles. The molecule has 1 atom stereocenters. The average molecular weight is 449 g/mol. The topological polar surface area (TPSA) is 67.1 Å². The molecule has 6 nitrogen and oxygen atoms in total. The first kappa shape index (κ1) is 16.6. The normalized spacial score (nSPS) is 21.3. The summed E-state index contributed by atoms with van der Waals surface area (Å²) in [6.45, 7) is -2.34. The van der Waals surface area contributed by atoms with Gasteiger partial charge in [0.05, 0.1) is 17.1 Å². The number of rotatable bonds is 2. The van der Waals surface area contributed by atoms with E-state index in [4.69, 9.17) is 15.5 Å². The smallest absolute Gasteiger partial charge is 0.159 e. The number of imidazole rings is 1. The maximum absolute atomic E-state index is 10.6. The van der Waals surface area contributed by atoms with E-state index < -0.39 is 18.6 Å². The summed E-state index contributed by atoms with van der Waals surface area (Å²) in [4.78, 5) is 15.2. The number of hydrogen-bond acceptors (Lipinski definition) is 5. The van der Waals surface area contributed by atoms with Gasteiger partial charge in [-0.25, -0.2) is 15.0 Å². The Kier molecular flexibility index (Phi) is 3.32. The highest BCUT2D eigenvalue weighted by Gasteiger charge is 2.39. The van der Waals surface area contributed by atoms with E-state index >= 15 is 0 Å². The molecule has 1 saturated carbocycles.